The van der Waals surface area contributed by atoms with Crippen molar-refractivity contribution in [2.24, 2.45) is 0 Å². The molecular weight excluding hydrogens is 691 g/mol. The predicted molar refractivity (Wildman–Crippen MR) is 228 cm³/mol. The van der Waals surface area contributed by atoms with Crippen molar-refractivity contribution >= 4 is 11.9 Å². The van der Waals surface area contributed by atoms with Crippen molar-refractivity contribution in [3.63, 3.8) is 0 Å². The minimum atomic E-state index is -0.294. The first-order chi connectivity index (χ1) is 27.1. The van der Waals surface area contributed by atoms with Gasteiger partial charge in [-0.05, 0) is 77.3 Å². The van der Waals surface area contributed by atoms with Crippen LogP contribution in [-0.2, 0) is 28.5 Å². The fourth-order valence-corrected chi connectivity index (χ4v) is 6.14. The molecule has 0 aliphatic carbocycles. The molecule has 0 amide bonds. The molecule has 0 radical (unpaired) electrons. The Bertz CT molecular complexity index is 934. The highest BCUT2D eigenvalue weighted by Gasteiger charge is 2.11. The van der Waals surface area contributed by atoms with E-state index in [1.165, 1.54) is 32.1 Å². The van der Waals surface area contributed by atoms with Gasteiger partial charge in [0.1, 0.15) is 0 Å². The molecule has 0 spiro atoms. The zero-order valence-corrected chi connectivity index (χ0v) is 36.1. The maximum Gasteiger partial charge on any atom is 0.305 e. The molecule has 0 saturated carbocycles. The fourth-order valence-electron chi connectivity index (χ4n) is 6.14. The topological polar surface area (TPSA) is 94.5 Å². The van der Waals surface area contributed by atoms with Gasteiger partial charge in [-0.25, -0.2) is 0 Å². The number of hydrogen-bond donors (Lipinski definition) is 1. The van der Waals surface area contributed by atoms with Crippen LogP contribution < -0.4 is 0 Å². The van der Waals surface area contributed by atoms with Gasteiger partial charge in [0.05, 0.1) is 33.0 Å². The van der Waals surface area contributed by atoms with Crippen molar-refractivity contribution in [3.8, 4) is 23.7 Å². The van der Waals surface area contributed by atoms with Gasteiger partial charge >= 0.3 is 11.9 Å². The second kappa shape index (κ2) is 44.6. The summed E-state index contributed by atoms with van der Waals surface area (Å²) >= 11 is 0. The van der Waals surface area contributed by atoms with E-state index in [0.717, 1.165) is 142 Å². The Hall–Kier alpha value is -2.10. The first-order valence-electron chi connectivity index (χ1n) is 22.9. The third-order valence-electron chi connectivity index (χ3n) is 9.61. The predicted octanol–water partition coefficient (Wildman–Crippen LogP) is 11.1. The Morgan fingerprint density at radius 1 is 0.473 bits per heavy atom. The van der Waals surface area contributed by atoms with E-state index < -0.39 is 0 Å². The lowest BCUT2D eigenvalue weighted by atomic mass is 10.1. The number of aliphatic hydroxyl groups excluding tert-OH is 1. The summed E-state index contributed by atoms with van der Waals surface area (Å²) in [7, 11) is 0. The summed E-state index contributed by atoms with van der Waals surface area (Å²) in [4.78, 5) is 26.6. The highest BCUT2D eigenvalue weighted by Crippen LogP contribution is 2.12. The first-order valence-corrected chi connectivity index (χ1v) is 22.9. The highest BCUT2D eigenvalue weighted by atomic mass is 16.7. The van der Waals surface area contributed by atoms with Crippen molar-refractivity contribution in [2.45, 2.75) is 213 Å². The fraction of sp³-hybridized carbons (Fsp3) is 0.872. The number of ether oxygens (including phenoxy) is 4. The Kier molecular flexibility index (Phi) is 42.9. The van der Waals surface area contributed by atoms with Gasteiger partial charge in [-0.15, -0.1) is 23.7 Å². The van der Waals surface area contributed by atoms with Gasteiger partial charge in [0.15, 0.2) is 6.29 Å². The van der Waals surface area contributed by atoms with E-state index in [1.54, 1.807) is 0 Å². The number of aliphatic hydroxyl groups is 1. The summed E-state index contributed by atoms with van der Waals surface area (Å²) in [6, 6.07) is 0. The van der Waals surface area contributed by atoms with E-state index in [9.17, 15) is 14.7 Å². The number of rotatable bonds is 40. The molecule has 0 aromatic rings. The van der Waals surface area contributed by atoms with Gasteiger partial charge < -0.3 is 29.0 Å². The highest BCUT2D eigenvalue weighted by molar-refractivity contribution is 5.69. The third kappa shape index (κ3) is 41.4. The molecule has 0 saturated heterocycles. The van der Waals surface area contributed by atoms with Gasteiger partial charge in [0.25, 0.3) is 0 Å². The number of esters is 2. The molecule has 1 N–H and O–H groups in total. The van der Waals surface area contributed by atoms with E-state index in [1.807, 2.05) is 0 Å². The molecule has 8 heteroatoms. The van der Waals surface area contributed by atoms with Crippen molar-refractivity contribution in [2.75, 3.05) is 52.7 Å². The molecule has 320 valence electrons. The van der Waals surface area contributed by atoms with Crippen LogP contribution in [-0.4, -0.2) is 80.9 Å². The minimum absolute atomic E-state index is 0.0455. The summed E-state index contributed by atoms with van der Waals surface area (Å²) in [6.07, 6.45) is 28.9. The Balaban J connectivity index is 3.96. The lowest BCUT2D eigenvalue weighted by Crippen LogP contribution is -2.29. The smallest absolute Gasteiger partial charge is 0.305 e. The first kappa shape index (κ1) is 52.9. The van der Waals surface area contributed by atoms with Crippen LogP contribution in [0, 0.1) is 23.7 Å². The molecule has 0 rings (SSSR count). The zero-order chi connectivity index (χ0) is 40.1. The molecule has 0 atom stereocenters. The average Bonchev–Trinajstić information content (AvgIpc) is 3.18. The molecule has 0 fully saturated rings. The number of carbonyl (C=O) groups is 2. The maximum atomic E-state index is 12.3. The Morgan fingerprint density at radius 3 is 1.38 bits per heavy atom. The molecule has 0 aliphatic rings. The molecular formula is C47H85NO7. The monoisotopic (exact) mass is 776 g/mol. The third-order valence-corrected chi connectivity index (χ3v) is 9.61. The summed E-state index contributed by atoms with van der Waals surface area (Å²) < 4.78 is 22.9. The largest absolute Gasteiger partial charge is 0.466 e. The Labute approximate surface area is 339 Å². The quantitative estimate of drug-likeness (QED) is 0.0285. The number of carbonyl (C=O) groups excluding carboxylic acids is 2. The summed E-state index contributed by atoms with van der Waals surface area (Å²) in [5.74, 6) is 12.6. The van der Waals surface area contributed by atoms with Crippen molar-refractivity contribution < 1.29 is 33.6 Å². The molecule has 0 aromatic heterocycles. The number of hydrogen-bond acceptors (Lipinski definition) is 8. The standard InChI is InChI=1S/C47H85NO7/c1-4-7-10-13-16-23-30-41-52-45(50)34-25-18-17-19-28-37-48(39-40-49)38-29-20-24-31-42-53-46(51)35-26-27-36-47(54-43-32-21-14-11-8-5-2)55-44-33-22-15-12-9-6-3/h47,49H,4-13,16-20,23-44H2,1-3H3. The normalized spacial score (nSPS) is 11.0. The lowest BCUT2D eigenvalue weighted by Gasteiger charge is -2.21. The van der Waals surface area contributed by atoms with Crippen LogP contribution in [0.4, 0.5) is 0 Å². The van der Waals surface area contributed by atoms with Crippen molar-refractivity contribution in [3.05, 3.63) is 0 Å². The molecule has 0 aliphatic heterocycles. The Morgan fingerprint density at radius 2 is 0.891 bits per heavy atom. The van der Waals surface area contributed by atoms with Crippen LogP contribution >= 0.6 is 0 Å². The van der Waals surface area contributed by atoms with Gasteiger partial charge in [0.2, 0.25) is 0 Å². The van der Waals surface area contributed by atoms with Crippen LogP contribution in [0.5, 0.6) is 0 Å². The van der Waals surface area contributed by atoms with E-state index in [-0.39, 0.29) is 24.8 Å². The van der Waals surface area contributed by atoms with Gasteiger partial charge in [-0.3, -0.25) is 9.59 Å². The van der Waals surface area contributed by atoms with Crippen LogP contribution in [0.15, 0.2) is 0 Å². The number of nitrogens with zero attached hydrogens (tertiary/aromatic N) is 1. The molecule has 0 aromatic carbocycles. The lowest BCUT2D eigenvalue weighted by molar-refractivity contribution is -0.147. The van der Waals surface area contributed by atoms with Crippen LogP contribution in [0.25, 0.3) is 0 Å². The van der Waals surface area contributed by atoms with E-state index in [2.05, 4.69) is 49.4 Å². The molecule has 0 unspecified atom stereocenters. The molecule has 55 heavy (non-hydrogen) atoms. The van der Waals surface area contributed by atoms with Gasteiger partial charge in [0, 0.05) is 45.1 Å². The molecule has 0 bridgehead atoms. The summed E-state index contributed by atoms with van der Waals surface area (Å²) in [5.41, 5.74) is 0. The van der Waals surface area contributed by atoms with Crippen LogP contribution in [0.1, 0.15) is 207 Å². The second-order valence-electron chi connectivity index (χ2n) is 14.9. The van der Waals surface area contributed by atoms with Crippen LogP contribution in [0.3, 0.4) is 0 Å². The summed E-state index contributed by atoms with van der Waals surface area (Å²) in [5, 5.41) is 9.52. The van der Waals surface area contributed by atoms with Crippen molar-refractivity contribution in [1.29, 1.82) is 0 Å². The minimum Gasteiger partial charge on any atom is -0.466 e. The van der Waals surface area contributed by atoms with Gasteiger partial charge in [-0.2, -0.15) is 0 Å². The SMILES string of the molecule is CCCCC#CCCOC(CCCCC(=O)OCCCCCCN(CCO)CCCCCCCC(=O)OCCCCCCCCC)OCCC#CCCCC. The maximum absolute atomic E-state index is 12.3. The number of unbranched alkanes of at least 4 members (excludes halogenated alkanes) is 18. The zero-order valence-electron chi connectivity index (χ0n) is 36.1. The molecule has 0 heterocycles. The second-order valence-corrected chi connectivity index (χ2v) is 14.9. The summed E-state index contributed by atoms with van der Waals surface area (Å²) in [6.45, 7) is 11.6. The van der Waals surface area contributed by atoms with E-state index in [0.29, 0.717) is 58.7 Å². The molecule has 8 nitrogen and oxygen atoms in total. The van der Waals surface area contributed by atoms with E-state index >= 15 is 0 Å². The van der Waals surface area contributed by atoms with Gasteiger partial charge in [-0.1, -0.05) is 104 Å². The van der Waals surface area contributed by atoms with Crippen molar-refractivity contribution in [1.82, 2.24) is 4.90 Å². The average molecular weight is 776 g/mol. The van der Waals surface area contributed by atoms with Crippen LogP contribution in [0.2, 0.25) is 0 Å². The van der Waals surface area contributed by atoms with E-state index in [4.69, 9.17) is 18.9 Å².